The fourth-order valence-electron chi connectivity index (χ4n) is 2.31. The van der Waals surface area contributed by atoms with Crippen molar-refractivity contribution in [2.75, 3.05) is 6.61 Å². The Kier molecular flexibility index (Phi) is 12.2. The van der Waals surface area contributed by atoms with E-state index in [9.17, 15) is 9.59 Å². The quantitative estimate of drug-likeness (QED) is 0.285. The van der Waals surface area contributed by atoms with Crippen molar-refractivity contribution in [1.82, 2.24) is 0 Å². The molecule has 116 valence electrons. The van der Waals surface area contributed by atoms with Gasteiger partial charge in [0, 0.05) is 12.3 Å². The molecule has 0 heterocycles. The van der Waals surface area contributed by atoms with Crippen LogP contribution in [0.1, 0.15) is 71.6 Å². The molecule has 0 fully saturated rings. The average molecular weight is 282 g/mol. The number of carbonyl (C=O) groups is 2. The Labute approximate surface area is 123 Å². The molecule has 0 aliphatic heterocycles. The van der Waals surface area contributed by atoms with E-state index in [0.717, 1.165) is 51.4 Å². The van der Waals surface area contributed by atoms with Crippen LogP contribution in [0.3, 0.4) is 0 Å². The third-order valence-electron chi connectivity index (χ3n) is 3.52. The summed E-state index contributed by atoms with van der Waals surface area (Å²) in [6.07, 6.45) is 10.5. The van der Waals surface area contributed by atoms with Crippen LogP contribution < -0.4 is 0 Å². The standard InChI is InChI=1S/C17H30O3/c1-4-6-9-12-16(15(3)18)13-10-7-8-11-14-17(19)20-5-2/h4,16H,1,5-14H2,2-3H3. The number of allylic oxidation sites excluding steroid dienone is 1. The van der Waals surface area contributed by atoms with Gasteiger partial charge in [-0.15, -0.1) is 6.58 Å². The molecule has 0 spiro atoms. The lowest BCUT2D eigenvalue weighted by Gasteiger charge is -2.12. The van der Waals surface area contributed by atoms with E-state index >= 15 is 0 Å². The summed E-state index contributed by atoms with van der Waals surface area (Å²) >= 11 is 0. The van der Waals surface area contributed by atoms with E-state index in [1.54, 1.807) is 6.92 Å². The summed E-state index contributed by atoms with van der Waals surface area (Å²) in [5.74, 6) is 0.416. The van der Waals surface area contributed by atoms with Crippen molar-refractivity contribution in [2.45, 2.75) is 71.6 Å². The van der Waals surface area contributed by atoms with Gasteiger partial charge in [0.05, 0.1) is 6.61 Å². The number of ether oxygens (including phenoxy) is 1. The second-order valence-electron chi connectivity index (χ2n) is 5.29. The monoisotopic (exact) mass is 282 g/mol. The molecule has 0 amide bonds. The number of hydrogen-bond acceptors (Lipinski definition) is 3. The molecular weight excluding hydrogens is 252 g/mol. The van der Waals surface area contributed by atoms with Crippen molar-refractivity contribution in [3.63, 3.8) is 0 Å². The van der Waals surface area contributed by atoms with E-state index in [4.69, 9.17) is 4.74 Å². The maximum Gasteiger partial charge on any atom is 0.305 e. The average Bonchev–Trinajstić information content (AvgIpc) is 2.40. The molecule has 0 N–H and O–H groups in total. The van der Waals surface area contributed by atoms with Crippen LogP contribution in [-0.2, 0) is 14.3 Å². The van der Waals surface area contributed by atoms with E-state index in [2.05, 4.69) is 6.58 Å². The molecule has 0 aliphatic rings. The summed E-state index contributed by atoms with van der Waals surface area (Å²) in [6, 6.07) is 0. The van der Waals surface area contributed by atoms with Gasteiger partial charge >= 0.3 is 5.97 Å². The highest BCUT2D eigenvalue weighted by molar-refractivity contribution is 5.78. The van der Waals surface area contributed by atoms with Crippen LogP contribution in [0.2, 0.25) is 0 Å². The van der Waals surface area contributed by atoms with Gasteiger partial charge in [0.15, 0.2) is 0 Å². The Hall–Kier alpha value is -1.12. The Morgan fingerprint density at radius 1 is 1.10 bits per heavy atom. The predicted molar refractivity (Wildman–Crippen MR) is 82.6 cm³/mol. The smallest absolute Gasteiger partial charge is 0.305 e. The first-order valence-electron chi connectivity index (χ1n) is 7.88. The number of Topliss-reactive ketones (excluding diaryl/α,β-unsaturated/α-hetero) is 1. The van der Waals surface area contributed by atoms with Crippen LogP contribution in [0, 0.1) is 5.92 Å². The Balaban J connectivity index is 3.60. The molecule has 0 saturated carbocycles. The molecule has 0 aliphatic carbocycles. The van der Waals surface area contributed by atoms with Crippen LogP contribution >= 0.6 is 0 Å². The molecule has 20 heavy (non-hydrogen) atoms. The van der Waals surface area contributed by atoms with Gasteiger partial charge in [-0.25, -0.2) is 0 Å². The third-order valence-corrected chi connectivity index (χ3v) is 3.52. The SMILES string of the molecule is C=CCCCC(CCCCCCC(=O)OCC)C(C)=O. The van der Waals surface area contributed by atoms with Crippen LogP contribution in [0.5, 0.6) is 0 Å². The molecule has 0 radical (unpaired) electrons. The second-order valence-corrected chi connectivity index (χ2v) is 5.29. The molecule has 0 bridgehead atoms. The number of ketones is 1. The lowest BCUT2D eigenvalue weighted by atomic mass is 9.92. The Bertz CT molecular complexity index is 284. The number of rotatable bonds is 13. The topological polar surface area (TPSA) is 43.4 Å². The molecule has 0 aromatic heterocycles. The van der Waals surface area contributed by atoms with Gasteiger partial charge in [0.2, 0.25) is 0 Å². The maximum absolute atomic E-state index is 11.5. The number of hydrogen-bond donors (Lipinski definition) is 0. The highest BCUT2D eigenvalue weighted by Gasteiger charge is 2.12. The van der Waals surface area contributed by atoms with Gasteiger partial charge in [-0.1, -0.05) is 25.3 Å². The molecule has 3 heteroatoms. The number of esters is 1. The van der Waals surface area contributed by atoms with Crippen molar-refractivity contribution in [2.24, 2.45) is 5.92 Å². The van der Waals surface area contributed by atoms with Crippen molar-refractivity contribution in [3.8, 4) is 0 Å². The molecule has 0 aromatic carbocycles. The largest absolute Gasteiger partial charge is 0.466 e. The van der Waals surface area contributed by atoms with Crippen LogP contribution in [0.25, 0.3) is 0 Å². The zero-order valence-corrected chi connectivity index (χ0v) is 13.2. The highest BCUT2D eigenvalue weighted by Crippen LogP contribution is 2.18. The van der Waals surface area contributed by atoms with E-state index in [1.165, 1.54) is 0 Å². The first-order chi connectivity index (χ1) is 9.61. The molecule has 0 rings (SSSR count). The van der Waals surface area contributed by atoms with Crippen molar-refractivity contribution >= 4 is 11.8 Å². The zero-order chi connectivity index (χ0) is 15.2. The number of unbranched alkanes of at least 4 members (excludes halogenated alkanes) is 4. The summed E-state index contributed by atoms with van der Waals surface area (Å²) in [6.45, 7) is 7.68. The summed E-state index contributed by atoms with van der Waals surface area (Å²) in [5.41, 5.74) is 0. The van der Waals surface area contributed by atoms with Gasteiger partial charge in [-0.05, 0) is 46.0 Å². The first-order valence-corrected chi connectivity index (χ1v) is 7.88. The molecule has 0 aromatic rings. The molecule has 1 atom stereocenters. The van der Waals surface area contributed by atoms with Crippen LogP contribution in [-0.4, -0.2) is 18.4 Å². The van der Waals surface area contributed by atoms with Gasteiger partial charge in [-0.2, -0.15) is 0 Å². The molecule has 1 unspecified atom stereocenters. The van der Waals surface area contributed by atoms with E-state index in [1.807, 2.05) is 13.0 Å². The lowest BCUT2D eigenvalue weighted by Crippen LogP contribution is -2.10. The van der Waals surface area contributed by atoms with Gasteiger partial charge < -0.3 is 4.74 Å². The summed E-state index contributed by atoms with van der Waals surface area (Å²) in [5, 5.41) is 0. The minimum absolute atomic E-state index is 0.0986. The fraction of sp³-hybridized carbons (Fsp3) is 0.765. The summed E-state index contributed by atoms with van der Waals surface area (Å²) < 4.78 is 4.88. The van der Waals surface area contributed by atoms with Gasteiger partial charge in [0.1, 0.15) is 5.78 Å². The Morgan fingerprint density at radius 3 is 2.35 bits per heavy atom. The summed E-state index contributed by atoms with van der Waals surface area (Å²) in [4.78, 5) is 22.7. The minimum Gasteiger partial charge on any atom is -0.466 e. The van der Waals surface area contributed by atoms with E-state index < -0.39 is 0 Å². The zero-order valence-electron chi connectivity index (χ0n) is 13.2. The predicted octanol–water partition coefficient (Wildman–Crippen LogP) is 4.45. The minimum atomic E-state index is -0.0986. The molecular formula is C17H30O3. The van der Waals surface area contributed by atoms with Crippen molar-refractivity contribution < 1.29 is 14.3 Å². The molecule has 3 nitrogen and oxygen atoms in total. The Morgan fingerprint density at radius 2 is 1.75 bits per heavy atom. The van der Waals surface area contributed by atoms with E-state index in [0.29, 0.717) is 18.8 Å². The normalized spacial score (nSPS) is 11.9. The first kappa shape index (κ1) is 18.9. The highest BCUT2D eigenvalue weighted by atomic mass is 16.5. The van der Waals surface area contributed by atoms with E-state index in [-0.39, 0.29) is 11.9 Å². The van der Waals surface area contributed by atoms with Gasteiger partial charge in [0.25, 0.3) is 0 Å². The molecule has 0 saturated heterocycles. The van der Waals surface area contributed by atoms with Crippen LogP contribution in [0.15, 0.2) is 12.7 Å². The van der Waals surface area contributed by atoms with Gasteiger partial charge in [-0.3, -0.25) is 9.59 Å². The maximum atomic E-state index is 11.5. The lowest BCUT2D eigenvalue weighted by molar-refractivity contribution is -0.143. The second kappa shape index (κ2) is 12.9. The third kappa shape index (κ3) is 10.8. The summed E-state index contributed by atoms with van der Waals surface area (Å²) in [7, 11) is 0. The van der Waals surface area contributed by atoms with Crippen molar-refractivity contribution in [3.05, 3.63) is 12.7 Å². The number of carbonyl (C=O) groups excluding carboxylic acids is 2. The van der Waals surface area contributed by atoms with Crippen LogP contribution in [0.4, 0.5) is 0 Å². The fourth-order valence-corrected chi connectivity index (χ4v) is 2.31. The van der Waals surface area contributed by atoms with Crippen molar-refractivity contribution in [1.29, 1.82) is 0 Å².